The molecule has 2 aromatic carbocycles. The SMILES string of the molecule is C=CC(=O)N1CN(C)[C@@]2(CCN(C(=O)N(C)[C@H](C(=O)N[C@H]3Cc4cccc(c4)-c4ccc5c(c4)c(c(-c4cccnc4[C@H](C)OC)n5CC)CC(C)(C)COC(=O)[C@@H]4CCCN(N4)C3=O)C(C)C)C2)C1. The summed E-state index contributed by atoms with van der Waals surface area (Å²) in [6, 6.07) is 15.6. The van der Waals surface area contributed by atoms with Gasteiger partial charge >= 0.3 is 12.0 Å². The van der Waals surface area contributed by atoms with Crippen LogP contribution in [0.4, 0.5) is 4.79 Å². The Morgan fingerprint density at radius 3 is 2.53 bits per heavy atom. The van der Waals surface area contributed by atoms with Crippen LogP contribution in [0.2, 0.25) is 0 Å². The van der Waals surface area contributed by atoms with Gasteiger partial charge in [-0.25, -0.2) is 10.2 Å². The predicted octanol–water partition coefficient (Wildman–Crippen LogP) is 6.18. The number of rotatable bonds is 9. The number of carbonyl (C=O) groups excluding carboxylic acids is 5. The number of urea groups is 1. The van der Waals surface area contributed by atoms with E-state index >= 15 is 0 Å². The lowest BCUT2D eigenvalue weighted by atomic mass is 9.84. The molecule has 6 heterocycles. The molecule has 0 saturated carbocycles. The topological polar surface area (TPSA) is 162 Å². The van der Waals surface area contributed by atoms with E-state index in [1.807, 2.05) is 46.0 Å². The Morgan fingerprint density at radius 1 is 1.04 bits per heavy atom. The lowest BCUT2D eigenvalue weighted by Crippen LogP contribution is -2.62. The van der Waals surface area contributed by atoms with Gasteiger partial charge in [0.05, 0.1) is 36.3 Å². The lowest BCUT2D eigenvalue weighted by molar-refractivity contribution is -0.155. The normalized spacial score (nSPS) is 22.8. The van der Waals surface area contributed by atoms with Gasteiger partial charge in [0.25, 0.3) is 5.91 Å². The van der Waals surface area contributed by atoms with Crippen molar-refractivity contribution in [3.05, 3.63) is 90.3 Å². The van der Waals surface area contributed by atoms with E-state index in [0.717, 1.165) is 50.1 Å². The molecule has 4 aliphatic rings. The number of pyridine rings is 1. The molecule has 3 fully saturated rings. The van der Waals surface area contributed by atoms with E-state index < -0.39 is 46.9 Å². The number of fused-ring (bicyclic) bond motifs is 6. The van der Waals surface area contributed by atoms with E-state index in [2.05, 4.69) is 84.0 Å². The first-order valence-electron chi connectivity index (χ1n) is 24.8. The quantitative estimate of drug-likeness (QED) is 0.146. The van der Waals surface area contributed by atoms with Crippen molar-refractivity contribution in [2.45, 2.75) is 110 Å². The molecular weight excluding hydrogens is 887 g/mol. The first-order chi connectivity index (χ1) is 33.4. The van der Waals surface area contributed by atoms with Crippen LogP contribution >= 0.6 is 0 Å². The van der Waals surface area contributed by atoms with Gasteiger partial charge in [-0.2, -0.15) is 0 Å². The molecule has 4 aromatic rings. The second-order valence-corrected chi connectivity index (χ2v) is 20.9. The molecule has 4 aliphatic heterocycles. The van der Waals surface area contributed by atoms with Crippen molar-refractivity contribution >= 4 is 40.6 Å². The summed E-state index contributed by atoms with van der Waals surface area (Å²) in [7, 11) is 5.29. The number of nitrogens with zero attached hydrogens (tertiary/aromatic N) is 7. The second-order valence-electron chi connectivity index (χ2n) is 20.9. The fourth-order valence-corrected chi connectivity index (χ4v) is 11.2. The van der Waals surface area contributed by atoms with E-state index in [1.54, 1.807) is 30.2 Å². The van der Waals surface area contributed by atoms with Crippen LogP contribution in [-0.4, -0.2) is 148 Å². The number of benzene rings is 2. The predicted molar refractivity (Wildman–Crippen MR) is 269 cm³/mol. The highest BCUT2D eigenvalue weighted by molar-refractivity contribution is 5.96. The number of aromatic nitrogens is 2. The highest BCUT2D eigenvalue weighted by atomic mass is 16.5. The Labute approximate surface area is 412 Å². The summed E-state index contributed by atoms with van der Waals surface area (Å²) in [5, 5.41) is 5.63. The van der Waals surface area contributed by atoms with Crippen molar-refractivity contribution in [1.29, 1.82) is 0 Å². The molecule has 70 heavy (non-hydrogen) atoms. The number of carbonyl (C=O) groups is 5. The minimum atomic E-state index is -1.05. The zero-order valence-corrected chi connectivity index (χ0v) is 42.4. The zero-order chi connectivity index (χ0) is 50.2. The van der Waals surface area contributed by atoms with Gasteiger partial charge in [0.15, 0.2) is 0 Å². The number of nitrogens with one attached hydrogen (secondary N) is 2. The number of methoxy groups -OCH3 is 1. The number of cyclic esters (lactones) is 1. The van der Waals surface area contributed by atoms with Gasteiger partial charge in [0.1, 0.15) is 18.1 Å². The van der Waals surface area contributed by atoms with E-state index in [0.29, 0.717) is 65.1 Å². The summed E-state index contributed by atoms with van der Waals surface area (Å²) in [5.41, 5.74) is 10.1. The van der Waals surface area contributed by atoms with Crippen LogP contribution in [0.5, 0.6) is 0 Å². The molecule has 374 valence electrons. The number of likely N-dealkylation sites (N-methyl/N-ethyl adjacent to an activating group) is 2. The highest BCUT2D eigenvalue weighted by Gasteiger charge is 2.50. The molecular formula is C54H71N9O7. The third-order valence-electron chi connectivity index (χ3n) is 15.0. The number of ether oxygens (including phenoxy) is 2. The maximum Gasteiger partial charge on any atom is 0.324 e. The van der Waals surface area contributed by atoms with Gasteiger partial charge in [-0.1, -0.05) is 64.6 Å². The molecule has 16 nitrogen and oxygen atoms in total. The van der Waals surface area contributed by atoms with Crippen LogP contribution in [-0.2, 0) is 48.0 Å². The Balaban J connectivity index is 1.14. The van der Waals surface area contributed by atoms with Gasteiger partial charge < -0.3 is 34.1 Å². The van der Waals surface area contributed by atoms with Gasteiger partial charge in [-0.05, 0) is 105 Å². The molecule has 2 aromatic heterocycles. The minimum absolute atomic E-state index is 0.135. The largest absolute Gasteiger partial charge is 0.464 e. The average Bonchev–Trinajstić information content (AvgIpc) is 4.03. The van der Waals surface area contributed by atoms with E-state index in [4.69, 9.17) is 14.5 Å². The Hall–Kier alpha value is -6.10. The standard InChI is InChI=1S/C54H71N9O7/c1-11-45(64)61-31-54(58(8)33-61)22-25-60(30-54)52(68)59(9)47(34(3)4)49(65)56-43-27-36-16-13-17-37(26-36)38-20-21-44-40(28-38)41(48(62(44)12-2)39-18-14-23-55-46(39)35(5)69-10)29-53(6,7)32-70-51(67)42-19-15-24-63(57-42)50(43)66/h11,13-14,16-18,20-21,23,26,28,34-35,42-43,47,57H,1,12,15,19,22,24-25,27,29-33H2,2-10H3,(H,56,65)/t35-,42-,43-,47-,54+/m0/s1. The number of amides is 5. The molecule has 0 unspecified atom stereocenters. The van der Waals surface area contributed by atoms with Gasteiger partial charge in [0, 0.05) is 81.4 Å². The average molecular weight is 958 g/mol. The monoisotopic (exact) mass is 958 g/mol. The van der Waals surface area contributed by atoms with Gasteiger partial charge in [-0.3, -0.25) is 34.1 Å². The second kappa shape index (κ2) is 20.3. The van der Waals surface area contributed by atoms with Crippen LogP contribution in [0.1, 0.15) is 83.7 Å². The number of hydrogen-bond donors (Lipinski definition) is 2. The summed E-state index contributed by atoms with van der Waals surface area (Å²) in [4.78, 5) is 82.3. The zero-order valence-electron chi connectivity index (χ0n) is 42.4. The molecule has 0 aliphatic carbocycles. The fourth-order valence-electron chi connectivity index (χ4n) is 11.2. The van der Waals surface area contributed by atoms with E-state index in [-0.39, 0.29) is 37.0 Å². The maximum atomic E-state index is 14.8. The number of likely N-dealkylation sites (tertiary alicyclic amines) is 1. The van der Waals surface area contributed by atoms with Crippen molar-refractivity contribution in [3.63, 3.8) is 0 Å². The molecule has 16 heteroatoms. The van der Waals surface area contributed by atoms with E-state index in [1.165, 1.54) is 16.0 Å². The number of hydrazine groups is 1. The van der Waals surface area contributed by atoms with Crippen molar-refractivity contribution in [3.8, 4) is 22.4 Å². The van der Waals surface area contributed by atoms with Crippen LogP contribution in [0, 0.1) is 11.3 Å². The fraction of sp³-hybridized carbons (Fsp3) is 0.519. The third-order valence-corrected chi connectivity index (χ3v) is 15.0. The Morgan fingerprint density at radius 2 is 1.80 bits per heavy atom. The van der Waals surface area contributed by atoms with Crippen LogP contribution < -0.4 is 10.7 Å². The Bertz CT molecular complexity index is 2660. The Kier molecular flexibility index (Phi) is 14.6. The van der Waals surface area contributed by atoms with Crippen LogP contribution in [0.3, 0.4) is 0 Å². The molecule has 6 bridgehead atoms. The van der Waals surface area contributed by atoms with Crippen LogP contribution in [0.15, 0.2) is 73.4 Å². The smallest absolute Gasteiger partial charge is 0.324 e. The first kappa shape index (κ1) is 50.3. The lowest BCUT2D eigenvalue weighted by Gasteiger charge is -2.37. The summed E-state index contributed by atoms with van der Waals surface area (Å²) in [5.74, 6) is -1.77. The summed E-state index contributed by atoms with van der Waals surface area (Å²) in [6.07, 6.45) is 5.28. The number of aryl methyl sites for hydroxylation is 1. The number of esters is 1. The molecule has 3 saturated heterocycles. The third kappa shape index (κ3) is 9.82. The van der Waals surface area contributed by atoms with Crippen molar-refractivity contribution in [2.75, 3.05) is 60.7 Å². The maximum absolute atomic E-state index is 14.8. The van der Waals surface area contributed by atoms with E-state index in [9.17, 15) is 24.0 Å². The molecule has 5 atom stereocenters. The molecule has 2 N–H and O–H groups in total. The molecule has 0 radical (unpaired) electrons. The number of hydrogen-bond acceptors (Lipinski definition) is 10. The van der Waals surface area contributed by atoms with Crippen molar-refractivity contribution in [2.24, 2.45) is 11.3 Å². The van der Waals surface area contributed by atoms with Gasteiger partial charge in [-0.15, -0.1) is 0 Å². The highest BCUT2D eigenvalue weighted by Crippen LogP contribution is 2.42. The van der Waals surface area contributed by atoms with Crippen molar-refractivity contribution in [1.82, 2.24) is 44.9 Å². The summed E-state index contributed by atoms with van der Waals surface area (Å²) >= 11 is 0. The van der Waals surface area contributed by atoms with Gasteiger partial charge in [0.2, 0.25) is 11.8 Å². The molecule has 8 rings (SSSR count). The van der Waals surface area contributed by atoms with Crippen LogP contribution in [0.25, 0.3) is 33.3 Å². The molecule has 5 amide bonds. The summed E-state index contributed by atoms with van der Waals surface area (Å²) in [6.45, 7) is 18.7. The minimum Gasteiger partial charge on any atom is -0.464 e. The summed E-state index contributed by atoms with van der Waals surface area (Å²) < 4.78 is 14.3. The first-order valence-corrected chi connectivity index (χ1v) is 24.8. The van der Waals surface area contributed by atoms with Crippen molar-refractivity contribution < 1.29 is 33.4 Å². The molecule has 1 spiro atoms.